The van der Waals surface area contributed by atoms with Gasteiger partial charge in [0.05, 0.1) is 5.75 Å². The Bertz CT molecular complexity index is 863. The third kappa shape index (κ3) is 5.32. The number of aromatic nitrogens is 2. The summed E-state index contributed by atoms with van der Waals surface area (Å²) in [5.74, 6) is 1.64. The summed E-state index contributed by atoms with van der Waals surface area (Å²) in [6, 6.07) is 18.7. The van der Waals surface area contributed by atoms with Gasteiger partial charge in [0.1, 0.15) is 11.5 Å². The van der Waals surface area contributed by atoms with Crippen molar-refractivity contribution in [3.8, 4) is 11.5 Å². The van der Waals surface area contributed by atoms with Crippen molar-refractivity contribution in [3.63, 3.8) is 0 Å². The highest BCUT2D eigenvalue weighted by atomic mass is 32.2. The summed E-state index contributed by atoms with van der Waals surface area (Å²) in [7, 11) is 0. The maximum Gasteiger partial charge on any atom is 0.234 e. The van der Waals surface area contributed by atoms with Crippen molar-refractivity contribution in [3.05, 3.63) is 72.1 Å². The summed E-state index contributed by atoms with van der Waals surface area (Å²) in [5, 5.41) is 3.48. The Hall–Kier alpha value is -2.86. The molecule has 0 saturated heterocycles. The zero-order chi connectivity index (χ0) is 18.4. The molecule has 0 atom stereocenters. The van der Waals surface area contributed by atoms with Crippen molar-refractivity contribution in [1.82, 2.24) is 9.97 Å². The van der Waals surface area contributed by atoms with Crippen LogP contribution in [-0.2, 0) is 4.79 Å². The number of hydrogen-bond acceptors (Lipinski definition) is 5. The molecule has 0 fully saturated rings. The Morgan fingerprint density at radius 1 is 0.962 bits per heavy atom. The van der Waals surface area contributed by atoms with E-state index in [0.717, 1.165) is 22.8 Å². The topological polar surface area (TPSA) is 64.1 Å². The van der Waals surface area contributed by atoms with E-state index in [4.69, 9.17) is 4.74 Å². The summed E-state index contributed by atoms with van der Waals surface area (Å²) in [6.07, 6.45) is 0. The SMILES string of the molecule is Cc1cc(C)nc(SCC(=O)Nc2ccc(Oc3ccccc3)cc2)n1. The fraction of sp³-hybridized carbons (Fsp3) is 0.150. The summed E-state index contributed by atoms with van der Waals surface area (Å²) in [5.41, 5.74) is 2.51. The fourth-order valence-electron chi connectivity index (χ4n) is 2.32. The van der Waals surface area contributed by atoms with Crippen LogP contribution in [0.3, 0.4) is 0 Å². The molecule has 1 heterocycles. The third-order valence-electron chi connectivity index (χ3n) is 3.41. The first-order valence-electron chi connectivity index (χ1n) is 8.16. The molecule has 3 rings (SSSR count). The number of para-hydroxylation sites is 1. The molecule has 3 aromatic rings. The van der Waals surface area contributed by atoms with E-state index in [2.05, 4.69) is 15.3 Å². The molecule has 0 radical (unpaired) electrons. The summed E-state index contributed by atoms with van der Waals surface area (Å²) in [6.45, 7) is 3.83. The number of aryl methyl sites for hydroxylation is 2. The largest absolute Gasteiger partial charge is 0.457 e. The van der Waals surface area contributed by atoms with Crippen LogP contribution in [0, 0.1) is 13.8 Å². The maximum atomic E-state index is 12.1. The molecule has 1 aromatic heterocycles. The van der Waals surface area contributed by atoms with Crippen LogP contribution >= 0.6 is 11.8 Å². The second-order valence-corrected chi connectivity index (χ2v) is 6.65. The molecule has 0 bridgehead atoms. The molecule has 0 aliphatic heterocycles. The van der Waals surface area contributed by atoms with Gasteiger partial charge in [-0.2, -0.15) is 0 Å². The van der Waals surface area contributed by atoms with Gasteiger partial charge in [0, 0.05) is 17.1 Å². The van der Waals surface area contributed by atoms with Crippen molar-refractivity contribution >= 4 is 23.4 Å². The predicted octanol–water partition coefficient (Wildman–Crippen LogP) is 4.62. The molecule has 1 N–H and O–H groups in total. The number of thioether (sulfide) groups is 1. The van der Waals surface area contributed by atoms with Crippen LogP contribution in [0.2, 0.25) is 0 Å². The molecule has 26 heavy (non-hydrogen) atoms. The van der Waals surface area contributed by atoms with Crippen molar-refractivity contribution < 1.29 is 9.53 Å². The van der Waals surface area contributed by atoms with Crippen molar-refractivity contribution in [2.75, 3.05) is 11.1 Å². The highest BCUT2D eigenvalue weighted by Crippen LogP contribution is 2.23. The second kappa shape index (κ2) is 8.49. The van der Waals surface area contributed by atoms with Gasteiger partial charge in [0.2, 0.25) is 5.91 Å². The lowest BCUT2D eigenvalue weighted by Gasteiger charge is -2.08. The highest BCUT2D eigenvalue weighted by Gasteiger charge is 2.07. The lowest BCUT2D eigenvalue weighted by Crippen LogP contribution is -2.14. The standard InChI is InChI=1S/C20H19N3O2S/c1-14-12-15(2)22-20(21-14)26-13-19(24)23-16-8-10-18(11-9-16)25-17-6-4-3-5-7-17/h3-12H,13H2,1-2H3,(H,23,24). The third-order valence-corrected chi connectivity index (χ3v) is 4.26. The predicted molar refractivity (Wildman–Crippen MR) is 104 cm³/mol. The van der Waals surface area contributed by atoms with E-state index in [-0.39, 0.29) is 11.7 Å². The molecule has 0 aliphatic carbocycles. The van der Waals surface area contributed by atoms with E-state index in [1.165, 1.54) is 11.8 Å². The van der Waals surface area contributed by atoms with Gasteiger partial charge in [0.25, 0.3) is 0 Å². The average Bonchev–Trinajstić information content (AvgIpc) is 2.62. The van der Waals surface area contributed by atoms with Gasteiger partial charge in [-0.15, -0.1) is 0 Å². The van der Waals surface area contributed by atoms with E-state index in [1.807, 2.05) is 74.5 Å². The van der Waals surface area contributed by atoms with Gasteiger partial charge in [0.15, 0.2) is 5.16 Å². The zero-order valence-corrected chi connectivity index (χ0v) is 15.4. The van der Waals surface area contributed by atoms with Gasteiger partial charge >= 0.3 is 0 Å². The van der Waals surface area contributed by atoms with Crippen molar-refractivity contribution in [2.45, 2.75) is 19.0 Å². The number of benzene rings is 2. The minimum Gasteiger partial charge on any atom is -0.457 e. The van der Waals surface area contributed by atoms with Crippen LogP contribution in [0.4, 0.5) is 5.69 Å². The van der Waals surface area contributed by atoms with E-state index in [0.29, 0.717) is 10.9 Å². The van der Waals surface area contributed by atoms with Crippen LogP contribution in [0.1, 0.15) is 11.4 Å². The second-order valence-electron chi connectivity index (χ2n) is 5.71. The molecule has 0 unspecified atom stereocenters. The molecule has 0 aliphatic rings. The Morgan fingerprint density at radius 2 is 1.58 bits per heavy atom. The van der Waals surface area contributed by atoms with Gasteiger partial charge in [-0.25, -0.2) is 9.97 Å². The lowest BCUT2D eigenvalue weighted by molar-refractivity contribution is -0.113. The van der Waals surface area contributed by atoms with E-state index < -0.39 is 0 Å². The number of nitrogens with zero attached hydrogens (tertiary/aromatic N) is 2. The molecule has 5 nitrogen and oxygen atoms in total. The van der Waals surface area contributed by atoms with Gasteiger partial charge in [-0.05, 0) is 56.3 Å². The van der Waals surface area contributed by atoms with Crippen LogP contribution in [0.25, 0.3) is 0 Å². The minimum atomic E-state index is -0.102. The van der Waals surface area contributed by atoms with Crippen LogP contribution in [-0.4, -0.2) is 21.6 Å². The highest BCUT2D eigenvalue weighted by molar-refractivity contribution is 7.99. The first kappa shape index (κ1) is 17.9. The van der Waals surface area contributed by atoms with E-state index in [1.54, 1.807) is 0 Å². The molecule has 132 valence electrons. The molecule has 1 amide bonds. The number of amides is 1. The van der Waals surface area contributed by atoms with Gasteiger partial charge in [-0.3, -0.25) is 4.79 Å². The molecular weight excluding hydrogens is 346 g/mol. The van der Waals surface area contributed by atoms with Crippen LogP contribution in [0.5, 0.6) is 11.5 Å². The number of anilines is 1. The van der Waals surface area contributed by atoms with E-state index in [9.17, 15) is 4.79 Å². The summed E-state index contributed by atoms with van der Waals surface area (Å²) < 4.78 is 5.73. The normalized spacial score (nSPS) is 10.4. The van der Waals surface area contributed by atoms with Gasteiger partial charge < -0.3 is 10.1 Å². The number of carbonyl (C=O) groups excluding carboxylic acids is 1. The summed E-state index contributed by atoms with van der Waals surface area (Å²) in [4.78, 5) is 20.8. The Labute approximate surface area is 156 Å². The van der Waals surface area contributed by atoms with Crippen LogP contribution in [0.15, 0.2) is 65.8 Å². The first-order valence-corrected chi connectivity index (χ1v) is 9.15. The quantitative estimate of drug-likeness (QED) is 0.510. The Morgan fingerprint density at radius 3 is 2.23 bits per heavy atom. The lowest BCUT2D eigenvalue weighted by atomic mass is 10.3. The molecule has 6 heteroatoms. The average molecular weight is 365 g/mol. The molecule has 0 spiro atoms. The van der Waals surface area contributed by atoms with Crippen molar-refractivity contribution in [1.29, 1.82) is 0 Å². The van der Waals surface area contributed by atoms with Gasteiger partial charge in [-0.1, -0.05) is 30.0 Å². The van der Waals surface area contributed by atoms with Crippen molar-refractivity contribution in [2.24, 2.45) is 0 Å². The number of hydrogen-bond donors (Lipinski definition) is 1. The number of nitrogens with one attached hydrogen (secondary N) is 1. The van der Waals surface area contributed by atoms with Crippen LogP contribution < -0.4 is 10.1 Å². The number of rotatable bonds is 6. The molecule has 0 saturated carbocycles. The smallest absolute Gasteiger partial charge is 0.234 e. The van der Waals surface area contributed by atoms with E-state index >= 15 is 0 Å². The molecule has 2 aromatic carbocycles. The Balaban J connectivity index is 1.52. The fourth-order valence-corrected chi connectivity index (χ4v) is 3.07. The summed E-state index contributed by atoms with van der Waals surface area (Å²) >= 11 is 1.32. The number of ether oxygens (including phenoxy) is 1. The monoisotopic (exact) mass is 365 g/mol. The zero-order valence-electron chi connectivity index (χ0n) is 14.6. The minimum absolute atomic E-state index is 0.102. The Kier molecular flexibility index (Phi) is 5.86. The maximum absolute atomic E-state index is 12.1. The first-order chi connectivity index (χ1) is 12.6. The molecular formula is C20H19N3O2S. The number of carbonyl (C=O) groups is 1.